The third-order valence-corrected chi connectivity index (χ3v) is 11.3. The molecule has 0 spiro atoms. The van der Waals surface area contributed by atoms with E-state index in [-0.39, 0.29) is 55.6 Å². The molecular weight excluding hydrogens is 771 g/mol. The van der Waals surface area contributed by atoms with E-state index in [0.717, 1.165) is 11.1 Å². The van der Waals surface area contributed by atoms with Crippen LogP contribution in [0.15, 0.2) is 71.3 Å². The van der Waals surface area contributed by atoms with Gasteiger partial charge >= 0.3 is 12.0 Å². The molecule has 16 heteroatoms. The van der Waals surface area contributed by atoms with Gasteiger partial charge in [0.2, 0.25) is 23.6 Å². The molecular formula is C44H57N7O9. The van der Waals surface area contributed by atoms with Crippen molar-refractivity contribution in [2.75, 3.05) is 39.8 Å². The number of likely N-dealkylation sites (N-methyl/N-ethyl adjacent to an activating group) is 1. The maximum Gasteiger partial charge on any atom is 0.417 e. The van der Waals surface area contributed by atoms with E-state index in [2.05, 4.69) is 26.0 Å². The number of ketones is 1. The lowest BCUT2D eigenvalue weighted by atomic mass is 9.92. The van der Waals surface area contributed by atoms with E-state index in [4.69, 9.17) is 14.0 Å². The Hall–Kier alpha value is -5.61. The van der Waals surface area contributed by atoms with E-state index in [9.17, 15) is 28.8 Å². The number of hydrogen-bond donors (Lipinski definition) is 3. The summed E-state index contributed by atoms with van der Waals surface area (Å²) in [6, 6.07) is 16.0. The van der Waals surface area contributed by atoms with Crippen molar-refractivity contribution in [3.8, 4) is 5.95 Å². The lowest BCUT2D eigenvalue weighted by Crippen LogP contribution is -2.57. The lowest BCUT2D eigenvalue weighted by Gasteiger charge is -2.33. The SMILES string of the molecule is CC(C)C[C@H](NC(=O)[C@H](Cc1ccccc1)N1C(=O)[C@@H](NC(=O)[C@H](CCc2ccccc2)NC(=O)Cc2cc(OC(=O)N3CCN(C)CC3)on2)CC1C)C(=O)C1(C)CO1. The van der Waals surface area contributed by atoms with E-state index in [0.29, 0.717) is 39.0 Å². The van der Waals surface area contributed by atoms with Gasteiger partial charge in [0.25, 0.3) is 0 Å². The van der Waals surface area contributed by atoms with Crippen molar-refractivity contribution in [1.82, 2.24) is 35.8 Å². The monoisotopic (exact) mass is 827 g/mol. The zero-order valence-electron chi connectivity index (χ0n) is 35.1. The number of carbonyl (C=O) groups excluding carboxylic acids is 6. The minimum atomic E-state index is -1.03. The summed E-state index contributed by atoms with van der Waals surface area (Å²) in [7, 11) is 1.97. The highest BCUT2D eigenvalue weighted by Gasteiger charge is 2.51. The highest BCUT2D eigenvalue weighted by Crippen LogP contribution is 2.30. The summed E-state index contributed by atoms with van der Waals surface area (Å²) in [5.74, 6) is -2.24. The third-order valence-electron chi connectivity index (χ3n) is 11.3. The number of rotatable bonds is 18. The second-order valence-corrected chi connectivity index (χ2v) is 16.8. The number of hydrogen-bond acceptors (Lipinski definition) is 11. The summed E-state index contributed by atoms with van der Waals surface area (Å²) in [5.41, 5.74) is 1.03. The molecule has 0 radical (unpaired) electrons. The first-order valence-electron chi connectivity index (χ1n) is 20.8. The smallest absolute Gasteiger partial charge is 0.374 e. The number of nitrogens with zero attached hydrogens (tertiary/aromatic N) is 4. The van der Waals surface area contributed by atoms with E-state index in [1.54, 1.807) is 11.8 Å². The molecule has 3 aromatic rings. The van der Waals surface area contributed by atoms with Crippen LogP contribution in [0.5, 0.6) is 5.95 Å². The minimum Gasteiger partial charge on any atom is -0.374 e. The molecule has 0 saturated carbocycles. The maximum atomic E-state index is 14.3. The normalized spacial score (nSPS) is 21.9. The van der Waals surface area contributed by atoms with Gasteiger partial charge in [-0.3, -0.25) is 24.0 Å². The predicted molar refractivity (Wildman–Crippen MR) is 220 cm³/mol. The van der Waals surface area contributed by atoms with E-state index < -0.39 is 65.5 Å². The van der Waals surface area contributed by atoms with Crippen molar-refractivity contribution in [3.05, 3.63) is 83.6 Å². The van der Waals surface area contributed by atoms with E-state index in [1.807, 2.05) is 88.5 Å². The molecule has 6 rings (SSSR count). The van der Waals surface area contributed by atoms with Crippen LogP contribution in [-0.4, -0.2) is 131 Å². The first-order chi connectivity index (χ1) is 28.7. The predicted octanol–water partition coefficient (Wildman–Crippen LogP) is 2.69. The Balaban J connectivity index is 1.13. The average molecular weight is 828 g/mol. The van der Waals surface area contributed by atoms with Crippen molar-refractivity contribution in [2.45, 2.75) is 102 Å². The summed E-state index contributed by atoms with van der Waals surface area (Å²) in [5, 5.41) is 12.5. The van der Waals surface area contributed by atoms with Crippen LogP contribution in [0, 0.1) is 5.92 Å². The number of nitrogens with one attached hydrogen (secondary N) is 3. The Morgan fingerprint density at radius 3 is 2.20 bits per heavy atom. The number of ether oxygens (including phenoxy) is 2. The van der Waals surface area contributed by atoms with Crippen molar-refractivity contribution >= 4 is 35.5 Å². The third kappa shape index (κ3) is 11.6. The molecule has 3 saturated heterocycles. The zero-order chi connectivity index (χ0) is 43.0. The van der Waals surface area contributed by atoms with E-state index in [1.165, 1.54) is 11.0 Å². The number of amides is 5. The molecule has 1 aromatic heterocycles. The molecule has 3 fully saturated rings. The molecule has 4 heterocycles. The van der Waals surface area contributed by atoms with Crippen LogP contribution in [0.4, 0.5) is 4.79 Å². The number of epoxide rings is 1. The van der Waals surface area contributed by atoms with Crippen LogP contribution in [0.1, 0.15) is 63.8 Å². The fourth-order valence-corrected chi connectivity index (χ4v) is 7.75. The first-order valence-corrected chi connectivity index (χ1v) is 20.8. The van der Waals surface area contributed by atoms with E-state index >= 15 is 0 Å². The van der Waals surface area contributed by atoms with Gasteiger partial charge in [0, 0.05) is 44.7 Å². The number of likely N-dealkylation sites (tertiary alicyclic amines) is 1. The van der Waals surface area contributed by atoms with Gasteiger partial charge in [-0.1, -0.05) is 79.7 Å². The van der Waals surface area contributed by atoms with Crippen LogP contribution in [0.3, 0.4) is 0 Å². The molecule has 3 aliphatic rings. The molecule has 60 heavy (non-hydrogen) atoms. The van der Waals surface area contributed by atoms with Crippen molar-refractivity contribution in [1.29, 1.82) is 0 Å². The molecule has 16 nitrogen and oxygen atoms in total. The van der Waals surface area contributed by atoms with Crippen LogP contribution in [0.25, 0.3) is 0 Å². The van der Waals surface area contributed by atoms with Crippen molar-refractivity contribution in [3.63, 3.8) is 0 Å². The Morgan fingerprint density at radius 2 is 1.57 bits per heavy atom. The molecule has 2 aromatic carbocycles. The van der Waals surface area contributed by atoms with Crippen molar-refractivity contribution in [2.24, 2.45) is 5.92 Å². The fourth-order valence-electron chi connectivity index (χ4n) is 7.75. The number of aryl methyl sites for hydroxylation is 1. The molecule has 0 aliphatic carbocycles. The van der Waals surface area contributed by atoms with Crippen molar-refractivity contribution < 1.29 is 42.8 Å². The van der Waals surface area contributed by atoms with Crippen LogP contribution in [-0.2, 0) is 48.0 Å². The topological polar surface area (TPSA) is 196 Å². The summed E-state index contributed by atoms with van der Waals surface area (Å²) < 4.78 is 16.0. The Bertz CT molecular complexity index is 1980. The standard InChI is InChI=1S/C44H57N7O9/c1-28(2)22-34(39(53)44(4)27-58-44)46-41(55)36(24-31-14-10-7-11-15-31)51-29(3)23-35(42(51)56)47-40(54)33(17-16-30-12-8-6-9-13-30)45-37(52)25-32-26-38(60-48-32)59-43(57)50-20-18-49(5)19-21-50/h6-15,26,28-29,33-36H,16-25,27H2,1-5H3,(H,45,52)(H,46,55)(H,47,54)/t29?,33-,34-,35-,36-,44?/m0/s1. The highest BCUT2D eigenvalue weighted by molar-refractivity contribution is 5.99. The highest BCUT2D eigenvalue weighted by atomic mass is 16.7. The first kappa shape index (κ1) is 44.0. The number of piperazine rings is 1. The summed E-state index contributed by atoms with van der Waals surface area (Å²) in [6.07, 6.45) is 0.656. The van der Waals surface area contributed by atoms with Gasteiger partial charge in [-0.15, -0.1) is 0 Å². The maximum absolute atomic E-state index is 14.3. The van der Waals surface area contributed by atoms with Gasteiger partial charge in [0.15, 0.2) is 5.78 Å². The van der Waals surface area contributed by atoms with Gasteiger partial charge in [-0.05, 0) is 63.6 Å². The largest absolute Gasteiger partial charge is 0.417 e. The fraction of sp³-hybridized carbons (Fsp3) is 0.523. The van der Waals surface area contributed by atoms with Gasteiger partial charge in [0.05, 0.1) is 24.8 Å². The molecule has 3 N–H and O–H groups in total. The number of Topliss-reactive ketones (excluding diaryl/α,β-unsaturated/α-hetero) is 1. The van der Waals surface area contributed by atoms with Gasteiger partial charge in [0.1, 0.15) is 23.7 Å². The second kappa shape index (κ2) is 19.6. The summed E-state index contributed by atoms with van der Waals surface area (Å²) in [6.45, 7) is 10.2. The number of benzene rings is 2. The van der Waals surface area contributed by atoms with Gasteiger partial charge in [-0.2, -0.15) is 0 Å². The summed E-state index contributed by atoms with van der Waals surface area (Å²) in [4.78, 5) is 87.3. The number of aromatic nitrogens is 1. The zero-order valence-corrected chi connectivity index (χ0v) is 35.1. The Morgan fingerprint density at radius 1 is 0.917 bits per heavy atom. The molecule has 5 amide bonds. The number of carbonyl (C=O) groups is 6. The van der Waals surface area contributed by atoms with Crippen LogP contribution < -0.4 is 20.7 Å². The Kier molecular flexibility index (Phi) is 14.4. The van der Waals surface area contributed by atoms with Crippen LogP contribution >= 0.6 is 0 Å². The lowest BCUT2D eigenvalue weighted by molar-refractivity contribution is -0.142. The summed E-state index contributed by atoms with van der Waals surface area (Å²) >= 11 is 0. The molecule has 6 atom stereocenters. The second-order valence-electron chi connectivity index (χ2n) is 16.8. The van der Waals surface area contributed by atoms with Crippen LogP contribution in [0.2, 0.25) is 0 Å². The Labute approximate surface area is 350 Å². The molecule has 3 aliphatic heterocycles. The van der Waals surface area contributed by atoms with Gasteiger partial charge in [-0.25, -0.2) is 4.79 Å². The molecule has 0 bridgehead atoms. The molecule has 2 unspecified atom stereocenters. The molecule has 322 valence electrons. The average Bonchev–Trinajstić information content (AvgIpc) is 3.73. The minimum absolute atomic E-state index is 0.0989. The van der Waals surface area contributed by atoms with Gasteiger partial charge < -0.3 is 44.6 Å². The quantitative estimate of drug-likeness (QED) is 0.160.